The summed E-state index contributed by atoms with van der Waals surface area (Å²) in [6.07, 6.45) is 0. The lowest BCUT2D eigenvalue weighted by molar-refractivity contribution is -0.123. The van der Waals surface area contributed by atoms with Crippen molar-refractivity contribution in [2.45, 2.75) is 20.0 Å². The first-order chi connectivity index (χ1) is 13.5. The van der Waals surface area contributed by atoms with Crippen molar-refractivity contribution in [2.75, 3.05) is 39.8 Å². The molecule has 0 atom stereocenters. The van der Waals surface area contributed by atoms with E-state index >= 15 is 0 Å². The number of hydrogen-bond donors (Lipinski definition) is 1. The van der Waals surface area contributed by atoms with E-state index in [4.69, 9.17) is 16.3 Å². The van der Waals surface area contributed by atoms with Gasteiger partial charge in [0.2, 0.25) is 0 Å². The van der Waals surface area contributed by atoms with Crippen molar-refractivity contribution in [1.82, 2.24) is 15.1 Å². The molecule has 0 aliphatic carbocycles. The molecule has 1 heterocycles. The Balaban J connectivity index is 1.44. The van der Waals surface area contributed by atoms with Gasteiger partial charge < -0.3 is 15.0 Å². The van der Waals surface area contributed by atoms with Crippen molar-refractivity contribution >= 4 is 17.5 Å². The maximum absolute atomic E-state index is 12.1. The second-order valence-electron chi connectivity index (χ2n) is 7.38. The Kier molecular flexibility index (Phi) is 7.31. The van der Waals surface area contributed by atoms with E-state index < -0.39 is 0 Å². The Hall–Kier alpha value is -2.08. The number of rotatable bonds is 7. The lowest BCUT2D eigenvalue weighted by Crippen LogP contribution is -2.43. The summed E-state index contributed by atoms with van der Waals surface area (Å²) in [7, 11) is 2.17. The van der Waals surface area contributed by atoms with Gasteiger partial charge in [-0.25, -0.2) is 0 Å². The summed E-state index contributed by atoms with van der Waals surface area (Å²) in [5.74, 6) is 0.503. The standard InChI is InChI=1S/C22H28ClN3O2/c1-17-12-20(6-7-21(17)23)28-16-22(27)24-14-18-4-3-5-19(13-18)15-26-10-8-25(2)9-11-26/h3-7,12-13H,8-11,14-16H2,1-2H3,(H,24,27). The first-order valence-electron chi connectivity index (χ1n) is 9.64. The molecular weight excluding hydrogens is 374 g/mol. The predicted molar refractivity (Wildman–Crippen MR) is 113 cm³/mol. The molecule has 1 saturated heterocycles. The highest BCUT2D eigenvalue weighted by Crippen LogP contribution is 2.20. The van der Waals surface area contributed by atoms with Gasteiger partial charge in [-0.15, -0.1) is 0 Å². The number of piperazine rings is 1. The van der Waals surface area contributed by atoms with Crippen molar-refractivity contribution in [1.29, 1.82) is 0 Å². The first-order valence-corrected chi connectivity index (χ1v) is 10.0. The summed E-state index contributed by atoms with van der Waals surface area (Å²) in [6.45, 7) is 7.77. The lowest BCUT2D eigenvalue weighted by Gasteiger charge is -2.32. The van der Waals surface area contributed by atoms with Gasteiger partial charge in [-0.2, -0.15) is 0 Å². The SMILES string of the molecule is Cc1cc(OCC(=O)NCc2cccc(CN3CCN(C)CC3)c2)ccc1Cl. The van der Waals surface area contributed by atoms with E-state index in [1.54, 1.807) is 12.1 Å². The molecule has 0 saturated carbocycles. The van der Waals surface area contributed by atoms with Crippen molar-refractivity contribution in [3.63, 3.8) is 0 Å². The van der Waals surface area contributed by atoms with Crippen LogP contribution in [0, 0.1) is 6.92 Å². The zero-order valence-corrected chi connectivity index (χ0v) is 17.3. The zero-order valence-electron chi connectivity index (χ0n) is 16.6. The van der Waals surface area contributed by atoms with Crippen LogP contribution in [-0.2, 0) is 17.9 Å². The molecule has 1 amide bonds. The molecule has 1 aliphatic heterocycles. The van der Waals surface area contributed by atoms with E-state index in [1.807, 2.05) is 19.1 Å². The van der Waals surface area contributed by atoms with E-state index in [0.717, 1.165) is 43.9 Å². The van der Waals surface area contributed by atoms with Crippen LogP contribution in [0.5, 0.6) is 5.75 Å². The number of halogens is 1. The van der Waals surface area contributed by atoms with Crippen LogP contribution < -0.4 is 10.1 Å². The van der Waals surface area contributed by atoms with Gasteiger partial charge in [-0.1, -0.05) is 35.9 Å². The molecule has 2 aromatic rings. The van der Waals surface area contributed by atoms with Crippen LogP contribution in [0.25, 0.3) is 0 Å². The predicted octanol–water partition coefficient (Wildman–Crippen LogP) is 3.09. The maximum Gasteiger partial charge on any atom is 0.258 e. The molecule has 1 N–H and O–H groups in total. The summed E-state index contributed by atoms with van der Waals surface area (Å²) < 4.78 is 5.54. The molecule has 1 fully saturated rings. The summed E-state index contributed by atoms with van der Waals surface area (Å²) in [5.41, 5.74) is 3.31. The third-order valence-electron chi connectivity index (χ3n) is 4.98. The maximum atomic E-state index is 12.1. The van der Waals surface area contributed by atoms with Crippen LogP contribution in [0.1, 0.15) is 16.7 Å². The van der Waals surface area contributed by atoms with E-state index in [-0.39, 0.29) is 12.5 Å². The number of nitrogens with zero attached hydrogens (tertiary/aromatic N) is 2. The van der Waals surface area contributed by atoms with Gasteiger partial charge in [0.15, 0.2) is 6.61 Å². The first kappa shape index (κ1) is 20.6. The topological polar surface area (TPSA) is 44.8 Å². The number of likely N-dealkylation sites (N-methyl/N-ethyl adjacent to an activating group) is 1. The second kappa shape index (κ2) is 9.92. The van der Waals surface area contributed by atoms with E-state index in [1.165, 1.54) is 5.56 Å². The molecule has 0 spiro atoms. The molecule has 0 aromatic heterocycles. The fourth-order valence-corrected chi connectivity index (χ4v) is 3.33. The molecule has 3 rings (SSSR count). The normalized spacial score (nSPS) is 15.4. The molecular formula is C22H28ClN3O2. The Morgan fingerprint density at radius 1 is 1.11 bits per heavy atom. The number of amides is 1. The highest BCUT2D eigenvalue weighted by atomic mass is 35.5. The molecule has 28 heavy (non-hydrogen) atoms. The van der Waals surface area contributed by atoms with Crippen LogP contribution in [0.2, 0.25) is 5.02 Å². The number of ether oxygens (including phenoxy) is 1. The summed E-state index contributed by atoms with van der Waals surface area (Å²) >= 11 is 6.00. The van der Waals surface area contributed by atoms with Gasteiger partial charge in [0.1, 0.15) is 5.75 Å². The number of carbonyl (C=O) groups excluding carboxylic acids is 1. The molecule has 0 bridgehead atoms. The average molecular weight is 402 g/mol. The number of nitrogens with one attached hydrogen (secondary N) is 1. The Labute approximate surface area is 172 Å². The smallest absolute Gasteiger partial charge is 0.258 e. The lowest BCUT2D eigenvalue weighted by atomic mass is 10.1. The molecule has 5 nitrogen and oxygen atoms in total. The van der Waals surface area contributed by atoms with Crippen LogP contribution in [-0.4, -0.2) is 55.5 Å². The Morgan fingerprint density at radius 2 is 1.86 bits per heavy atom. The minimum absolute atomic E-state index is 0.0118. The van der Waals surface area contributed by atoms with Gasteiger partial charge in [-0.05, 0) is 48.9 Å². The third kappa shape index (κ3) is 6.23. The average Bonchev–Trinajstić information content (AvgIpc) is 2.69. The van der Waals surface area contributed by atoms with Gasteiger partial charge in [-0.3, -0.25) is 9.69 Å². The van der Waals surface area contributed by atoms with Crippen molar-refractivity contribution < 1.29 is 9.53 Å². The number of hydrogen-bond acceptors (Lipinski definition) is 4. The fraction of sp³-hybridized carbons (Fsp3) is 0.409. The number of benzene rings is 2. The minimum atomic E-state index is -0.142. The van der Waals surface area contributed by atoms with Crippen LogP contribution in [0.4, 0.5) is 0 Å². The van der Waals surface area contributed by atoms with E-state index in [9.17, 15) is 4.79 Å². The van der Waals surface area contributed by atoms with Gasteiger partial charge in [0, 0.05) is 44.3 Å². The minimum Gasteiger partial charge on any atom is -0.484 e. The van der Waals surface area contributed by atoms with Crippen molar-refractivity contribution in [3.05, 3.63) is 64.2 Å². The van der Waals surface area contributed by atoms with Gasteiger partial charge in [0.05, 0.1) is 0 Å². The van der Waals surface area contributed by atoms with Crippen LogP contribution in [0.15, 0.2) is 42.5 Å². The van der Waals surface area contributed by atoms with Crippen molar-refractivity contribution in [2.24, 2.45) is 0 Å². The van der Waals surface area contributed by atoms with E-state index in [2.05, 4.69) is 40.4 Å². The summed E-state index contributed by atoms with van der Waals surface area (Å²) in [5, 5.41) is 3.61. The summed E-state index contributed by atoms with van der Waals surface area (Å²) in [6, 6.07) is 13.8. The van der Waals surface area contributed by atoms with Crippen molar-refractivity contribution in [3.8, 4) is 5.75 Å². The largest absolute Gasteiger partial charge is 0.484 e. The van der Waals surface area contributed by atoms with Gasteiger partial charge in [0.25, 0.3) is 5.91 Å². The molecule has 0 radical (unpaired) electrons. The molecule has 6 heteroatoms. The quantitative estimate of drug-likeness (QED) is 0.774. The number of carbonyl (C=O) groups is 1. The molecule has 0 unspecified atom stereocenters. The van der Waals surface area contributed by atoms with E-state index in [0.29, 0.717) is 17.3 Å². The van der Waals surface area contributed by atoms with Crippen LogP contribution >= 0.6 is 11.6 Å². The second-order valence-corrected chi connectivity index (χ2v) is 7.78. The zero-order chi connectivity index (χ0) is 19.9. The van der Waals surface area contributed by atoms with Gasteiger partial charge >= 0.3 is 0 Å². The van der Waals surface area contributed by atoms with Crippen LogP contribution in [0.3, 0.4) is 0 Å². The Morgan fingerprint density at radius 3 is 2.61 bits per heavy atom. The highest BCUT2D eigenvalue weighted by Gasteiger charge is 2.14. The molecule has 1 aliphatic rings. The molecule has 2 aromatic carbocycles. The number of aryl methyl sites for hydroxylation is 1. The highest BCUT2D eigenvalue weighted by molar-refractivity contribution is 6.31. The summed E-state index contributed by atoms with van der Waals surface area (Å²) in [4.78, 5) is 16.9. The fourth-order valence-electron chi connectivity index (χ4n) is 3.21. The monoisotopic (exact) mass is 401 g/mol. The third-order valence-corrected chi connectivity index (χ3v) is 5.41. The Bertz CT molecular complexity index is 804. The molecule has 150 valence electrons.